The van der Waals surface area contributed by atoms with Crippen LogP contribution >= 0.6 is 0 Å². The summed E-state index contributed by atoms with van der Waals surface area (Å²) in [5, 5.41) is 4.88. The zero-order chi connectivity index (χ0) is 22.5. The number of hydrogen-bond donors (Lipinski definition) is 1. The standard InChI is InChI=1S/C27H23N3O3/c1-15-11-12-19-18(14-15)27(26(33)28-19)23-22(21-10-5-13-29(21)27)24(31)30(25(23)32)20-9-4-7-16-6-2-3-8-17(16)20/h2-4,6-9,11-12,14,21-23H,5,10,13H2,1H3,(H,28,33)/t21-,22-,23-,27+/m0/s1. The van der Waals surface area contributed by atoms with Crippen LogP contribution in [-0.4, -0.2) is 35.2 Å². The van der Waals surface area contributed by atoms with E-state index in [0.717, 1.165) is 40.4 Å². The number of fused-ring (bicyclic) bond motifs is 8. The molecule has 4 heterocycles. The lowest BCUT2D eigenvalue weighted by Crippen LogP contribution is -2.54. The number of benzene rings is 3. The molecule has 1 N–H and O–H groups in total. The maximum Gasteiger partial charge on any atom is 0.250 e. The average Bonchev–Trinajstić information content (AvgIpc) is 3.52. The van der Waals surface area contributed by atoms with Crippen LogP contribution in [0.4, 0.5) is 11.4 Å². The van der Waals surface area contributed by atoms with Gasteiger partial charge in [0, 0.05) is 22.7 Å². The zero-order valence-corrected chi connectivity index (χ0v) is 18.2. The summed E-state index contributed by atoms with van der Waals surface area (Å²) in [6.07, 6.45) is 1.74. The van der Waals surface area contributed by atoms with Crippen molar-refractivity contribution >= 4 is 39.9 Å². The first-order valence-corrected chi connectivity index (χ1v) is 11.6. The molecule has 0 aliphatic carbocycles. The van der Waals surface area contributed by atoms with E-state index in [-0.39, 0.29) is 23.8 Å². The second-order valence-electron chi connectivity index (χ2n) is 9.69. The van der Waals surface area contributed by atoms with Gasteiger partial charge in [-0.2, -0.15) is 0 Å². The minimum atomic E-state index is -1.13. The summed E-state index contributed by atoms with van der Waals surface area (Å²) in [4.78, 5) is 45.4. The Labute approximate surface area is 191 Å². The van der Waals surface area contributed by atoms with E-state index in [4.69, 9.17) is 0 Å². The van der Waals surface area contributed by atoms with E-state index >= 15 is 0 Å². The quantitative estimate of drug-likeness (QED) is 0.591. The summed E-state index contributed by atoms with van der Waals surface area (Å²) in [6.45, 7) is 2.71. The van der Waals surface area contributed by atoms with E-state index < -0.39 is 17.4 Å². The summed E-state index contributed by atoms with van der Waals surface area (Å²) >= 11 is 0. The monoisotopic (exact) mass is 437 g/mol. The van der Waals surface area contributed by atoms with Crippen molar-refractivity contribution in [3.8, 4) is 0 Å². The van der Waals surface area contributed by atoms with Gasteiger partial charge in [-0.05, 0) is 43.8 Å². The van der Waals surface area contributed by atoms with Crippen LogP contribution in [0.2, 0.25) is 0 Å². The van der Waals surface area contributed by atoms with Crippen molar-refractivity contribution in [1.82, 2.24) is 4.90 Å². The van der Waals surface area contributed by atoms with Gasteiger partial charge in [0.15, 0.2) is 0 Å². The van der Waals surface area contributed by atoms with E-state index in [1.165, 1.54) is 4.90 Å². The molecule has 1 spiro atoms. The van der Waals surface area contributed by atoms with Crippen molar-refractivity contribution < 1.29 is 14.4 Å². The Balaban J connectivity index is 1.46. The van der Waals surface area contributed by atoms with Gasteiger partial charge in [-0.25, -0.2) is 4.90 Å². The first-order valence-electron chi connectivity index (χ1n) is 11.6. The van der Waals surface area contributed by atoms with E-state index in [0.29, 0.717) is 12.2 Å². The Morgan fingerprint density at radius 3 is 2.67 bits per heavy atom. The lowest BCUT2D eigenvalue weighted by Gasteiger charge is -2.36. The molecule has 7 rings (SSSR count). The Bertz CT molecular complexity index is 1390. The Hall–Kier alpha value is -3.51. The number of amides is 3. The number of imide groups is 1. The van der Waals surface area contributed by atoms with Crippen LogP contribution < -0.4 is 10.2 Å². The van der Waals surface area contributed by atoms with Crippen molar-refractivity contribution in [1.29, 1.82) is 0 Å². The average molecular weight is 437 g/mol. The van der Waals surface area contributed by atoms with Crippen molar-refractivity contribution in [2.45, 2.75) is 31.3 Å². The number of anilines is 2. The predicted octanol–water partition coefficient (Wildman–Crippen LogP) is 3.58. The topological polar surface area (TPSA) is 69.7 Å². The number of carbonyl (C=O) groups excluding carboxylic acids is 3. The fourth-order valence-electron chi connectivity index (χ4n) is 6.96. The summed E-state index contributed by atoms with van der Waals surface area (Å²) in [6, 6.07) is 19.3. The minimum absolute atomic E-state index is 0.108. The van der Waals surface area contributed by atoms with Gasteiger partial charge in [-0.3, -0.25) is 19.3 Å². The van der Waals surface area contributed by atoms with Gasteiger partial charge in [-0.1, -0.05) is 54.1 Å². The fraction of sp³-hybridized carbons (Fsp3) is 0.296. The van der Waals surface area contributed by atoms with E-state index in [1.54, 1.807) is 0 Å². The molecule has 0 saturated carbocycles. The molecule has 6 nitrogen and oxygen atoms in total. The van der Waals surface area contributed by atoms with Gasteiger partial charge < -0.3 is 5.32 Å². The maximum atomic E-state index is 14.2. The molecule has 4 atom stereocenters. The largest absolute Gasteiger partial charge is 0.324 e. The lowest BCUT2D eigenvalue weighted by atomic mass is 9.75. The minimum Gasteiger partial charge on any atom is -0.324 e. The third kappa shape index (κ3) is 2.15. The molecule has 0 bridgehead atoms. The van der Waals surface area contributed by atoms with Gasteiger partial charge in [0.25, 0.3) is 0 Å². The van der Waals surface area contributed by atoms with Crippen molar-refractivity contribution in [3.05, 3.63) is 71.8 Å². The Morgan fingerprint density at radius 1 is 0.970 bits per heavy atom. The molecule has 3 saturated heterocycles. The van der Waals surface area contributed by atoms with E-state index in [1.807, 2.05) is 67.6 Å². The number of rotatable bonds is 1. The third-order valence-electron chi connectivity index (χ3n) is 8.16. The molecule has 3 fully saturated rings. The highest BCUT2D eigenvalue weighted by atomic mass is 16.2. The summed E-state index contributed by atoms with van der Waals surface area (Å²) < 4.78 is 0. The Morgan fingerprint density at radius 2 is 1.79 bits per heavy atom. The van der Waals surface area contributed by atoms with Crippen LogP contribution in [0.3, 0.4) is 0 Å². The number of nitrogens with zero attached hydrogens (tertiary/aromatic N) is 2. The molecular weight excluding hydrogens is 414 g/mol. The van der Waals surface area contributed by atoms with Crippen LogP contribution in [0.5, 0.6) is 0 Å². The van der Waals surface area contributed by atoms with Gasteiger partial charge in [-0.15, -0.1) is 0 Å². The highest BCUT2D eigenvalue weighted by molar-refractivity contribution is 6.28. The van der Waals surface area contributed by atoms with Crippen LogP contribution in [0.15, 0.2) is 60.7 Å². The lowest BCUT2D eigenvalue weighted by molar-refractivity contribution is -0.135. The first-order chi connectivity index (χ1) is 16.0. The molecule has 6 heteroatoms. The van der Waals surface area contributed by atoms with E-state index in [2.05, 4.69) is 10.2 Å². The molecule has 4 aliphatic rings. The van der Waals surface area contributed by atoms with Crippen LogP contribution in [0, 0.1) is 18.8 Å². The number of hydrogen-bond acceptors (Lipinski definition) is 4. The summed E-state index contributed by atoms with van der Waals surface area (Å²) in [7, 11) is 0. The van der Waals surface area contributed by atoms with Gasteiger partial charge in [0.1, 0.15) is 5.54 Å². The van der Waals surface area contributed by atoms with Gasteiger partial charge >= 0.3 is 0 Å². The second kappa shape index (κ2) is 6.29. The maximum absolute atomic E-state index is 14.2. The molecule has 4 aliphatic heterocycles. The molecule has 0 radical (unpaired) electrons. The Kier molecular flexibility index (Phi) is 3.62. The first kappa shape index (κ1) is 19.0. The van der Waals surface area contributed by atoms with E-state index in [9.17, 15) is 14.4 Å². The molecular formula is C27H23N3O3. The molecule has 164 valence electrons. The van der Waals surface area contributed by atoms with Crippen molar-refractivity contribution in [3.63, 3.8) is 0 Å². The second-order valence-corrected chi connectivity index (χ2v) is 9.69. The molecule has 33 heavy (non-hydrogen) atoms. The van der Waals surface area contributed by atoms with Gasteiger partial charge in [0.2, 0.25) is 17.7 Å². The molecule has 0 aromatic heterocycles. The van der Waals surface area contributed by atoms with Crippen LogP contribution in [-0.2, 0) is 19.9 Å². The third-order valence-corrected chi connectivity index (χ3v) is 8.16. The smallest absolute Gasteiger partial charge is 0.250 e. The van der Waals surface area contributed by atoms with Crippen LogP contribution in [0.25, 0.3) is 10.8 Å². The molecule has 0 unspecified atom stereocenters. The van der Waals surface area contributed by atoms with Gasteiger partial charge in [0.05, 0.1) is 17.5 Å². The zero-order valence-electron chi connectivity index (χ0n) is 18.2. The van der Waals surface area contributed by atoms with Crippen molar-refractivity contribution in [2.75, 3.05) is 16.8 Å². The highest BCUT2D eigenvalue weighted by Crippen LogP contribution is 2.61. The van der Waals surface area contributed by atoms with Crippen molar-refractivity contribution in [2.24, 2.45) is 11.8 Å². The number of nitrogens with one attached hydrogen (secondary N) is 1. The number of carbonyl (C=O) groups is 3. The molecule has 3 amide bonds. The SMILES string of the molecule is Cc1ccc2c(c1)[C@]1(C(=O)N2)[C@@H]2C(=O)N(c3cccc4ccccc34)C(=O)[C@H]2[C@@H]2CCCN21. The summed E-state index contributed by atoms with van der Waals surface area (Å²) in [5.74, 6) is -1.86. The molecule has 3 aromatic rings. The highest BCUT2D eigenvalue weighted by Gasteiger charge is 2.74. The number of aryl methyl sites for hydroxylation is 1. The van der Waals surface area contributed by atoms with Crippen LogP contribution in [0.1, 0.15) is 24.0 Å². The molecule has 3 aromatic carbocycles. The summed E-state index contributed by atoms with van der Waals surface area (Å²) in [5.41, 5.74) is 2.11. The normalized spacial score (nSPS) is 30.3. The predicted molar refractivity (Wildman–Crippen MR) is 125 cm³/mol. The fourth-order valence-corrected chi connectivity index (χ4v) is 6.96.